The Morgan fingerprint density at radius 1 is 1.29 bits per heavy atom. The molecule has 2 aromatic rings. The number of nitriles is 1. The molecular formula is C14H9F3N2O2. The minimum atomic E-state index is -4.67. The van der Waals surface area contributed by atoms with Gasteiger partial charge in [0, 0.05) is 11.8 Å². The molecule has 4 nitrogen and oxygen atoms in total. The average molecular weight is 294 g/mol. The fourth-order valence-corrected chi connectivity index (χ4v) is 1.65. The molecule has 1 aromatic carbocycles. The van der Waals surface area contributed by atoms with Crippen molar-refractivity contribution in [2.75, 3.05) is 0 Å². The van der Waals surface area contributed by atoms with Gasteiger partial charge in [-0.25, -0.2) is 4.98 Å². The number of aromatic nitrogens is 1. The molecule has 0 radical (unpaired) electrons. The van der Waals surface area contributed by atoms with Crippen LogP contribution >= 0.6 is 0 Å². The molecule has 108 valence electrons. The highest BCUT2D eigenvalue weighted by Gasteiger charge is 2.35. The number of alkyl halides is 3. The molecule has 0 saturated carbocycles. The van der Waals surface area contributed by atoms with E-state index in [1.54, 1.807) is 6.07 Å². The zero-order chi connectivity index (χ0) is 15.5. The van der Waals surface area contributed by atoms with Crippen LogP contribution in [0.3, 0.4) is 0 Å². The van der Waals surface area contributed by atoms with Crippen LogP contribution in [0.2, 0.25) is 0 Å². The zero-order valence-electron chi connectivity index (χ0n) is 10.6. The van der Waals surface area contributed by atoms with Crippen LogP contribution in [0.1, 0.15) is 16.7 Å². The quantitative estimate of drug-likeness (QED) is 0.943. The van der Waals surface area contributed by atoms with Crippen molar-refractivity contribution >= 4 is 0 Å². The lowest BCUT2D eigenvalue weighted by Gasteiger charge is -2.14. The van der Waals surface area contributed by atoms with E-state index in [1.165, 1.54) is 24.4 Å². The van der Waals surface area contributed by atoms with Crippen molar-refractivity contribution in [2.45, 2.75) is 12.8 Å². The van der Waals surface area contributed by atoms with E-state index in [1.807, 2.05) is 0 Å². The lowest BCUT2D eigenvalue weighted by atomic mass is 10.1. The number of hydrogen-bond acceptors (Lipinski definition) is 4. The molecule has 1 heterocycles. The Bertz CT molecular complexity index is 693. The maximum absolute atomic E-state index is 13.0. The van der Waals surface area contributed by atoms with Crippen LogP contribution in [0.25, 0.3) is 0 Å². The van der Waals surface area contributed by atoms with Crippen molar-refractivity contribution in [1.29, 1.82) is 5.26 Å². The van der Waals surface area contributed by atoms with Gasteiger partial charge in [-0.15, -0.1) is 0 Å². The number of rotatable bonds is 3. The number of benzene rings is 1. The van der Waals surface area contributed by atoms with E-state index in [9.17, 15) is 13.2 Å². The summed E-state index contributed by atoms with van der Waals surface area (Å²) in [5, 5.41) is 17.8. The van der Waals surface area contributed by atoms with Gasteiger partial charge in [-0.3, -0.25) is 0 Å². The van der Waals surface area contributed by atoms with Crippen LogP contribution in [0.5, 0.6) is 11.6 Å². The van der Waals surface area contributed by atoms with E-state index in [4.69, 9.17) is 15.1 Å². The summed E-state index contributed by atoms with van der Waals surface area (Å²) in [5.74, 6) is -0.592. The molecule has 0 amide bonds. The van der Waals surface area contributed by atoms with E-state index in [0.29, 0.717) is 6.07 Å². The SMILES string of the molecule is N#Cc1ccc(Oc2ncccc2CO)c(C(F)(F)F)c1. The molecular weight excluding hydrogens is 285 g/mol. The van der Waals surface area contributed by atoms with Gasteiger partial charge in [-0.2, -0.15) is 18.4 Å². The van der Waals surface area contributed by atoms with Crippen LogP contribution in [0.15, 0.2) is 36.5 Å². The number of hydrogen-bond donors (Lipinski definition) is 1. The van der Waals surface area contributed by atoms with Crippen molar-refractivity contribution in [3.63, 3.8) is 0 Å². The van der Waals surface area contributed by atoms with Crippen molar-refractivity contribution in [2.24, 2.45) is 0 Å². The second-order valence-electron chi connectivity index (χ2n) is 4.05. The second-order valence-corrected chi connectivity index (χ2v) is 4.05. The topological polar surface area (TPSA) is 66.1 Å². The van der Waals surface area contributed by atoms with E-state index in [2.05, 4.69) is 4.98 Å². The van der Waals surface area contributed by atoms with Crippen molar-refractivity contribution in [3.05, 3.63) is 53.2 Å². The molecule has 0 atom stereocenters. The highest BCUT2D eigenvalue weighted by Crippen LogP contribution is 2.38. The normalized spacial score (nSPS) is 11.0. The van der Waals surface area contributed by atoms with Gasteiger partial charge in [-0.05, 0) is 30.3 Å². The fraction of sp³-hybridized carbons (Fsp3) is 0.143. The maximum atomic E-state index is 13.0. The first kappa shape index (κ1) is 14.8. The largest absolute Gasteiger partial charge is 0.438 e. The molecule has 2 rings (SSSR count). The summed E-state index contributed by atoms with van der Waals surface area (Å²) in [7, 11) is 0. The summed E-state index contributed by atoms with van der Waals surface area (Å²) in [5.41, 5.74) is -0.941. The summed E-state index contributed by atoms with van der Waals surface area (Å²) in [6, 6.07) is 7.63. The molecule has 0 aliphatic heterocycles. The minimum Gasteiger partial charge on any atom is -0.438 e. The Labute approximate surface area is 118 Å². The van der Waals surface area contributed by atoms with Gasteiger partial charge in [0.25, 0.3) is 0 Å². The van der Waals surface area contributed by atoms with E-state index >= 15 is 0 Å². The molecule has 21 heavy (non-hydrogen) atoms. The smallest absolute Gasteiger partial charge is 0.420 e. The number of aliphatic hydroxyl groups is 1. The van der Waals surface area contributed by atoms with Crippen LogP contribution in [0.4, 0.5) is 13.2 Å². The molecule has 0 bridgehead atoms. The summed E-state index contributed by atoms with van der Waals surface area (Å²) < 4.78 is 44.1. The van der Waals surface area contributed by atoms with Crippen LogP contribution in [-0.2, 0) is 12.8 Å². The van der Waals surface area contributed by atoms with Gasteiger partial charge in [0.2, 0.25) is 5.88 Å². The Morgan fingerprint density at radius 2 is 2.05 bits per heavy atom. The Kier molecular flexibility index (Phi) is 4.10. The van der Waals surface area contributed by atoms with Crippen LogP contribution in [0, 0.1) is 11.3 Å². The minimum absolute atomic E-state index is 0.116. The monoisotopic (exact) mass is 294 g/mol. The van der Waals surface area contributed by atoms with Crippen molar-refractivity contribution in [1.82, 2.24) is 4.98 Å². The lowest BCUT2D eigenvalue weighted by molar-refractivity contribution is -0.138. The molecule has 0 unspecified atom stereocenters. The van der Waals surface area contributed by atoms with Gasteiger partial charge < -0.3 is 9.84 Å². The molecule has 0 fully saturated rings. The maximum Gasteiger partial charge on any atom is 0.420 e. The standard InChI is InChI=1S/C14H9F3N2O2/c15-14(16,17)11-6-9(7-18)3-4-12(11)21-13-10(8-20)2-1-5-19-13/h1-6,20H,8H2. The highest BCUT2D eigenvalue weighted by molar-refractivity contribution is 5.45. The van der Waals surface area contributed by atoms with E-state index in [0.717, 1.165) is 6.07 Å². The molecule has 0 aliphatic carbocycles. The van der Waals surface area contributed by atoms with Gasteiger partial charge in [-0.1, -0.05) is 0 Å². The number of aliphatic hydroxyl groups excluding tert-OH is 1. The average Bonchev–Trinajstić information content (AvgIpc) is 2.47. The van der Waals surface area contributed by atoms with Gasteiger partial charge in [0.05, 0.1) is 23.8 Å². The number of halogens is 3. The number of pyridine rings is 1. The van der Waals surface area contributed by atoms with Gasteiger partial charge >= 0.3 is 6.18 Å². The van der Waals surface area contributed by atoms with E-state index < -0.39 is 24.1 Å². The number of nitrogens with zero attached hydrogens (tertiary/aromatic N) is 2. The Balaban J connectivity index is 2.47. The first-order valence-electron chi connectivity index (χ1n) is 5.79. The molecule has 0 spiro atoms. The van der Waals surface area contributed by atoms with Crippen LogP contribution < -0.4 is 4.74 Å². The third-order valence-electron chi connectivity index (χ3n) is 2.64. The summed E-state index contributed by atoms with van der Waals surface area (Å²) in [6.07, 6.45) is -3.33. The predicted molar refractivity (Wildman–Crippen MR) is 66.4 cm³/mol. The summed E-state index contributed by atoms with van der Waals surface area (Å²) in [6.45, 7) is -0.416. The first-order valence-corrected chi connectivity index (χ1v) is 5.79. The van der Waals surface area contributed by atoms with Crippen LogP contribution in [-0.4, -0.2) is 10.1 Å². The summed E-state index contributed by atoms with van der Waals surface area (Å²) in [4.78, 5) is 3.80. The van der Waals surface area contributed by atoms with Gasteiger partial charge in [0.1, 0.15) is 5.75 Å². The summed E-state index contributed by atoms with van der Waals surface area (Å²) >= 11 is 0. The zero-order valence-corrected chi connectivity index (χ0v) is 10.6. The van der Waals surface area contributed by atoms with E-state index in [-0.39, 0.29) is 17.0 Å². The Morgan fingerprint density at radius 3 is 2.67 bits per heavy atom. The van der Waals surface area contributed by atoms with Crippen molar-refractivity contribution in [3.8, 4) is 17.7 Å². The molecule has 1 N–H and O–H groups in total. The number of ether oxygens (including phenoxy) is 1. The third-order valence-corrected chi connectivity index (χ3v) is 2.64. The van der Waals surface area contributed by atoms with Gasteiger partial charge in [0.15, 0.2) is 0 Å². The lowest BCUT2D eigenvalue weighted by Crippen LogP contribution is -2.08. The van der Waals surface area contributed by atoms with Crippen molar-refractivity contribution < 1.29 is 23.0 Å². The second kappa shape index (κ2) is 5.81. The molecule has 0 saturated heterocycles. The molecule has 0 aliphatic rings. The molecule has 7 heteroatoms. The first-order chi connectivity index (χ1) is 9.95. The highest BCUT2D eigenvalue weighted by atomic mass is 19.4. The predicted octanol–water partition coefficient (Wildman–Crippen LogP) is 3.26. The Hall–Kier alpha value is -2.59. The molecule has 1 aromatic heterocycles. The fourth-order valence-electron chi connectivity index (χ4n) is 1.65. The third kappa shape index (κ3) is 3.30.